The third-order valence-corrected chi connectivity index (χ3v) is 3.02. The molecule has 0 saturated heterocycles. The molecule has 0 saturated carbocycles. The number of para-hydroxylation sites is 1. The molecule has 2 heterocycles. The van der Waals surface area contributed by atoms with Crippen molar-refractivity contribution in [3.63, 3.8) is 0 Å². The van der Waals surface area contributed by atoms with Gasteiger partial charge in [-0.05, 0) is 34.7 Å². The number of benzene rings is 1. The van der Waals surface area contributed by atoms with Crippen molar-refractivity contribution < 1.29 is 9.53 Å². The molecule has 0 atom stereocenters. The van der Waals surface area contributed by atoms with Gasteiger partial charge in [0.25, 0.3) is 0 Å². The summed E-state index contributed by atoms with van der Waals surface area (Å²) >= 11 is 0. The second-order valence-corrected chi connectivity index (χ2v) is 4.42. The smallest absolute Gasteiger partial charge is 0.355 e. The Bertz CT molecular complexity index is 748. The van der Waals surface area contributed by atoms with Crippen LogP contribution < -0.4 is 0 Å². The molecule has 1 aromatic carbocycles. The molecule has 106 valence electrons. The third-order valence-electron chi connectivity index (χ3n) is 3.02. The first-order chi connectivity index (χ1) is 10.3. The van der Waals surface area contributed by atoms with Gasteiger partial charge in [0, 0.05) is 13.2 Å². The van der Waals surface area contributed by atoms with Crippen LogP contribution in [0, 0.1) is 0 Å². The van der Waals surface area contributed by atoms with Crippen LogP contribution in [0.4, 0.5) is 0 Å². The molecular formula is C14H13N5O2. The topological polar surface area (TPSA) is 74.8 Å². The Hall–Kier alpha value is -2.96. The lowest BCUT2D eigenvalue weighted by molar-refractivity contribution is 0.0448. The number of tetrazole rings is 1. The van der Waals surface area contributed by atoms with Gasteiger partial charge in [0.15, 0.2) is 12.4 Å². The maximum Gasteiger partial charge on any atom is 0.355 e. The molecule has 3 rings (SSSR count). The minimum Gasteiger partial charge on any atom is -0.453 e. The Balaban J connectivity index is 1.74. The lowest BCUT2D eigenvalue weighted by Crippen LogP contribution is -2.12. The normalized spacial score (nSPS) is 10.5. The van der Waals surface area contributed by atoms with Crippen molar-refractivity contribution in [2.45, 2.75) is 6.61 Å². The van der Waals surface area contributed by atoms with Crippen LogP contribution >= 0.6 is 0 Å². The monoisotopic (exact) mass is 283 g/mol. The molecule has 21 heavy (non-hydrogen) atoms. The largest absolute Gasteiger partial charge is 0.453 e. The van der Waals surface area contributed by atoms with Crippen LogP contribution in [0.15, 0.2) is 48.7 Å². The second kappa shape index (κ2) is 5.58. The Morgan fingerprint density at radius 1 is 1.19 bits per heavy atom. The first kappa shape index (κ1) is 13.0. The van der Waals surface area contributed by atoms with Crippen molar-refractivity contribution in [1.82, 2.24) is 24.8 Å². The summed E-state index contributed by atoms with van der Waals surface area (Å²) in [5.41, 5.74) is 1.29. The summed E-state index contributed by atoms with van der Waals surface area (Å²) in [6.07, 6.45) is 1.78. The van der Waals surface area contributed by atoms with Gasteiger partial charge < -0.3 is 9.30 Å². The van der Waals surface area contributed by atoms with Crippen molar-refractivity contribution in [2.24, 2.45) is 7.05 Å². The van der Waals surface area contributed by atoms with Gasteiger partial charge in [-0.1, -0.05) is 18.2 Å². The zero-order valence-electron chi connectivity index (χ0n) is 11.4. The van der Waals surface area contributed by atoms with Gasteiger partial charge in [-0.15, -0.1) is 5.10 Å². The Labute approximate surface area is 120 Å². The molecule has 3 aromatic rings. The molecule has 0 unspecified atom stereocenters. The summed E-state index contributed by atoms with van der Waals surface area (Å²) in [4.78, 5) is 11.9. The summed E-state index contributed by atoms with van der Waals surface area (Å²) in [5.74, 6) is 0.0499. The number of esters is 1. The van der Waals surface area contributed by atoms with Crippen LogP contribution in [0.5, 0.6) is 0 Å². The van der Waals surface area contributed by atoms with Gasteiger partial charge in [-0.2, -0.15) is 4.68 Å². The van der Waals surface area contributed by atoms with E-state index < -0.39 is 5.97 Å². The molecule has 0 aliphatic rings. The highest BCUT2D eigenvalue weighted by molar-refractivity contribution is 5.87. The van der Waals surface area contributed by atoms with Crippen LogP contribution in [0.25, 0.3) is 5.69 Å². The summed E-state index contributed by atoms with van der Waals surface area (Å²) in [7, 11) is 1.78. The highest BCUT2D eigenvalue weighted by Crippen LogP contribution is 2.09. The lowest BCUT2D eigenvalue weighted by Gasteiger charge is -2.06. The minimum absolute atomic E-state index is 0.00586. The van der Waals surface area contributed by atoms with Gasteiger partial charge in [-0.3, -0.25) is 0 Å². The van der Waals surface area contributed by atoms with E-state index in [0.29, 0.717) is 11.5 Å². The van der Waals surface area contributed by atoms with Crippen LogP contribution in [-0.4, -0.2) is 30.7 Å². The van der Waals surface area contributed by atoms with E-state index in [4.69, 9.17) is 4.74 Å². The maximum atomic E-state index is 11.9. The molecule has 0 radical (unpaired) electrons. The number of rotatable bonds is 4. The lowest BCUT2D eigenvalue weighted by atomic mass is 10.3. The first-order valence-electron chi connectivity index (χ1n) is 6.37. The summed E-state index contributed by atoms with van der Waals surface area (Å²) in [5, 5.41) is 11.4. The van der Waals surface area contributed by atoms with E-state index in [2.05, 4.69) is 15.5 Å². The molecule has 0 bridgehead atoms. The Morgan fingerprint density at radius 2 is 2.00 bits per heavy atom. The fourth-order valence-electron chi connectivity index (χ4n) is 1.94. The van der Waals surface area contributed by atoms with Crippen molar-refractivity contribution in [3.8, 4) is 5.69 Å². The number of ether oxygens (including phenoxy) is 1. The summed E-state index contributed by atoms with van der Waals surface area (Å²) in [6.45, 7) is 0.00586. The predicted molar refractivity (Wildman–Crippen MR) is 73.7 cm³/mol. The number of nitrogens with zero attached hydrogens (tertiary/aromatic N) is 5. The predicted octanol–water partition coefficient (Wildman–Crippen LogP) is 1.36. The number of carbonyl (C=O) groups is 1. The van der Waals surface area contributed by atoms with Gasteiger partial charge >= 0.3 is 5.97 Å². The minimum atomic E-state index is -0.412. The van der Waals surface area contributed by atoms with Crippen molar-refractivity contribution >= 4 is 5.97 Å². The molecule has 7 nitrogen and oxygen atoms in total. The van der Waals surface area contributed by atoms with Gasteiger partial charge in [-0.25, -0.2) is 4.79 Å². The fourth-order valence-corrected chi connectivity index (χ4v) is 1.94. The van der Waals surface area contributed by atoms with E-state index in [9.17, 15) is 4.79 Å². The highest BCUT2D eigenvalue weighted by Gasteiger charge is 2.14. The van der Waals surface area contributed by atoms with Crippen LogP contribution in [0.2, 0.25) is 0 Å². The zero-order chi connectivity index (χ0) is 14.7. The van der Waals surface area contributed by atoms with Crippen molar-refractivity contribution in [1.29, 1.82) is 0 Å². The van der Waals surface area contributed by atoms with Crippen molar-refractivity contribution in [3.05, 3.63) is 60.2 Å². The number of hydrogen-bond donors (Lipinski definition) is 0. The molecule has 2 aromatic heterocycles. The van der Waals surface area contributed by atoms with Gasteiger partial charge in [0.05, 0.1) is 5.69 Å². The van der Waals surface area contributed by atoms with E-state index >= 15 is 0 Å². The van der Waals surface area contributed by atoms with Crippen LogP contribution in [0.3, 0.4) is 0 Å². The second-order valence-electron chi connectivity index (χ2n) is 4.42. The molecule has 0 amide bonds. The van der Waals surface area contributed by atoms with E-state index in [0.717, 1.165) is 5.69 Å². The number of aryl methyl sites for hydroxylation is 1. The number of hydrogen-bond acceptors (Lipinski definition) is 5. The zero-order valence-corrected chi connectivity index (χ0v) is 11.4. The molecule has 0 N–H and O–H groups in total. The molecule has 0 aliphatic heterocycles. The Kier molecular flexibility index (Phi) is 3.46. The molecule has 7 heteroatoms. The quantitative estimate of drug-likeness (QED) is 0.676. The van der Waals surface area contributed by atoms with E-state index in [1.807, 2.05) is 30.3 Å². The third kappa shape index (κ3) is 2.66. The van der Waals surface area contributed by atoms with Gasteiger partial charge in [0.2, 0.25) is 0 Å². The fraction of sp³-hybridized carbons (Fsp3) is 0.143. The average Bonchev–Trinajstić information content (AvgIpc) is 3.14. The molecule has 0 spiro atoms. The summed E-state index contributed by atoms with van der Waals surface area (Å²) < 4.78 is 8.49. The van der Waals surface area contributed by atoms with E-state index in [1.54, 1.807) is 29.9 Å². The number of carbonyl (C=O) groups excluding carboxylic acids is 1. The van der Waals surface area contributed by atoms with E-state index in [1.165, 1.54) is 4.68 Å². The van der Waals surface area contributed by atoms with Crippen molar-refractivity contribution in [2.75, 3.05) is 0 Å². The Morgan fingerprint density at radius 3 is 2.71 bits per heavy atom. The van der Waals surface area contributed by atoms with Crippen LogP contribution in [0.1, 0.15) is 16.3 Å². The average molecular weight is 283 g/mol. The van der Waals surface area contributed by atoms with Gasteiger partial charge in [0.1, 0.15) is 5.69 Å². The maximum absolute atomic E-state index is 11.9. The van der Waals surface area contributed by atoms with E-state index in [-0.39, 0.29) is 6.61 Å². The SMILES string of the molecule is Cn1cccc1C(=O)OCc1nnnn1-c1ccccc1. The first-order valence-corrected chi connectivity index (χ1v) is 6.37. The molecule has 0 fully saturated rings. The highest BCUT2D eigenvalue weighted by atomic mass is 16.5. The number of aromatic nitrogens is 5. The standard InChI is InChI=1S/C14H13N5O2/c1-18-9-5-8-12(18)14(20)21-10-13-15-16-17-19(13)11-6-3-2-4-7-11/h2-9H,10H2,1H3. The van der Waals surface area contributed by atoms with Crippen LogP contribution in [-0.2, 0) is 18.4 Å². The summed E-state index contributed by atoms with van der Waals surface area (Å²) in [6, 6.07) is 12.9. The molecule has 0 aliphatic carbocycles. The molecular weight excluding hydrogens is 270 g/mol.